The first-order valence-electron chi connectivity index (χ1n) is 7.59. The van der Waals surface area contributed by atoms with Gasteiger partial charge in [-0.2, -0.15) is 0 Å². The van der Waals surface area contributed by atoms with E-state index in [0.717, 1.165) is 43.3 Å². The lowest BCUT2D eigenvalue weighted by molar-refractivity contribution is -0.122. The summed E-state index contributed by atoms with van der Waals surface area (Å²) in [5.41, 5.74) is 0.969. The third-order valence-electron chi connectivity index (χ3n) is 3.94. The largest absolute Gasteiger partial charge is 0.357 e. The normalized spacial score (nSPS) is 18.9. The Bertz CT molecular complexity index is 493. The predicted octanol–water partition coefficient (Wildman–Crippen LogP) is 1.80. The lowest BCUT2D eigenvalue weighted by atomic mass is 10.1. The molecule has 1 amide bonds. The molecule has 0 radical (unpaired) electrons. The van der Waals surface area contributed by atoms with Crippen LogP contribution >= 0.6 is 0 Å². The highest BCUT2D eigenvalue weighted by atomic mass is 16.2. The summed E-state index contributed by atoms with van der Waals surface area (Å²) in [5.74, 6) is 2.11. The van der Waals surface area contributed by atoms with Crippen LogP contribution in [0.5, 0.6) is 0 Å². The van der Waals surface area contributed by atoms with E-state index in [9.17, 15) is 4.79 Å². The quantitative estimate of drug-likeness (QED) is 0.909. The van der Waals surface area contributed by atoms with Gasteiger partial charge in [-0.1, -0.05) is 0 Å². The average molecular weight is 274 g/mol. The number of carbonyl (C=O) groups excluding carboxylic acids is 1. The number of aromatic nitrogens is 2. The molecule has 0 bridgehead atoms. The van der Waals surface area contributed by atoms with E-state index in [4.69, 9.17) is 0 Å². The van der Waals surface area contributed by atoms with Gasteiger partial charge in [-0.15, -0.1) is 0 Å². The van der Waals surface area contributed by atoms with Crippen LogP contribution in [-0.2, 0) is 11.3 Å². The van der Waals surface area contributed by atoms with Crippen molar-refractivity contribution in [2.24, 2.45) is 5.92 Å². The van der Waals surface area contributed by atoms with Crippen LogP contribution in [0, 0.1) is 12.8 Å². The molecule has 1 aliphatic heterocycles. The Morgan fingerprint density at radius 1 is 1.30 bits per heavy atom. The topological polar surface area (TPSA) is 58.1 Å². The van der Waals surface area contributed by atoms with Crippen molar-refractivity contribution in [3.05, 3.63) is 17.6 Å². The van der Waals surface area contributed by atoms with Gasteiger partial charge in [-0.3, -0.25) is 4.79 Å². The number of anilines is 1. The second kappa shape index (κ2) is 5.77. The molecule has 20 heavy (non-hydrogen) atoms. The second-order valence-corrected chi connectivity index (χ2v) is 5.82. The van der Waals surface area contributed by atoms with Gasteiger partial charge in [-0.25, -0.2) is 9.97 Å². The number of rotatable bonds is 4. The molecule has 108 valence electrons. The Hall–Kier alpha value is -1.65. The number of amides is 1. The fraction of sp³-hybridized carbons (Fsp3) is 0.667. The second-order valence-electron chi connectivity index (χ2n) is 5.82. The van der Waals surface area contributed by atoms with Gasteiger partial charge in [0.25, 0.3) is 0 Å². The zero-order chi connectivity index (χ0) is 13.9. The maximum atomic E-state index is 11.7. The molecule has 1 saturated carbocycles. The molecule has 2 fully saturated rings. The highest BCUT2D eigenvalue weighted by Crippen LogP contribution is 2.28. The van der Waals surface area contributed by atoms with E-state index < -0.39 is 0 Å². The van der Waals surface area contributed by atoms with Crippen molar-refractivity contribution in [3.8, 4) is 0 Å². The summed E-state index contributed by atoms with van der Waals surface area (Å²) in [6, 6.07) is 2.04. The highest BCUT2D eigenvalue weighted by molar-refractivity contribution is 5.80. The number of hydrogen-bond donors (Lipinski definition) is 1. The number of carbonyl (C=O) groups is 1. The molecular formula is C15H22N4O. The van der Waals surface area contributed by atoms with Crippen LogP contribution in [0.25, 0.3) is 0 Å². The Labute approximate surface area is 119 Å². The molecule has 0 unspecified atom stereocenters. The van der Waals surface area contributed by atoms with Crippen molar-refractivity contribution in [1.82, 2.24) is 15.3 Å². The number of piperidine rings is 1. The van der Waals surface area contributed by atoms with Crippen LogP contribution in [0.3, 0.4) is 0 Å². The molecule has 0 aromatic carbocycles. The first kappa shape index (κ1) is 13.3. The summed E-state index contributed by atoms with van der Waals surface area (Å²) in [6.07, 6.45) is 5.83. The maximum absolute atomic E-state index is 11.7. The summed E-state index contributed by atoms with van der Waals surface area (Å²) < 4.78 is 0. The number of nitrogens with zero attached hydrogens (tertiary/aromatic N) is 3. The van der Waals surface area contributed by atoms with Crippen LogP contribution < -0.4 is 10.2 Å². The monoisotopic (exact) mass is 274 g/mol. The molecule has 3 rings (SSSR count). The molecule has 1 aromatic rings. The molecule has 2 heterocycles. The molecule has 2 aliphatic rings. The molecule has 1 aromatic heterocycles. The third-order valence-corrected chi connectivity index (χ3v) is 3.94. The minimum atomic E-state index is 0.148. The first-order chi connectivity index (χ1) is 9.72. The fourth-order valence-corrected chi connectivity index (χ4v) is 2.63. The zero-order valence-electron chi connectivity index (χ0n) is 12.1. The van der Waals surface area contributed by atoms with Crippen LogP contribution in [0.15, 0.2) is 6.07 Å². The third kappa shape index (κ3) is 3.26. The van der Waals surface area contributed by atoms with Gasteiger partial charge < -0.3 is 10.2 Å². The van der Waals surface area contributed by atoms with Crippen molar-refractivity contribution in [2.45, 2.75) is 45.6 Å². The standard InChI is InChI=1S/C15H22N4O/c1-11-9-14(19-7-3-2-4-8-19)18-13(17-11)10-16-15(20)12-5-6-12/h9,12H,2-8,10H2,1H3,(H,16,20). The van der Waals surface area contributed by atoms with E-state index in [-0.39, 0.29) is 11.8 Å². The summed E-state index contributed by atoms with van der Waals surface area (Å²) in [4.78, 5) is 23.0. The van der Waals surface area contributed by atoms with Gasteiger partial charge >= 0.3 is 0 Å². The maximum Gasteiger partial charge on any atom is 0.223 e. The van der Waals surface area contributed by atoms with E-state index >= 15 is 0 Å². The summed E-state index contributed by atoms with van der Waals surface area (Å²) in [5, 5.41) is 2.94. The number of aryl methyl sites for hydroxylation is 1. The van der Waals surface area contributed by atoms with Gasteiger partial charge in [0.1, 0.15) is 11.6 Å². The Morgan fingerprint density at radius 3 is 2.75 bits per heavy atom. The van der Waals surface area contributed by atoms with Gasteiger partial charge in [-0.05, 0) is 39.0 Å². The van der Waals surface area contributed by atoms with Crippen LogP contribution in [0.1, 0.15) is 43.6 Å². The van der Waals surface area contributed by atoms with E-state index in [1.807, 2.05) is 13.0 Å². The minimum absolute atomic E-state index is 0.148. The number of nitrogens with one attached hydrogen (secondary N) is 1. The molecular weight excluding hydrogens is 252 g/mol. The average Bonchev–Trinajstić information content (AvgIpc) is 3.30. The van der Waals surface area contributed by atoms with E-state index in [1.54, 1.807) is 0 Å². The molecule has 1 aliphatic carbocycles. The summed E-state index contributed by atoms with van der Waals surface area (Å²) in [7, 11) is 0. The van der Waals surface area contributed by atoms with Crippen LogP contribution in [-0.4, -0.2) is 29.0 Å². The van der Waals surface area contributed by atoms with Crippen LogP contribution in [0.4, 0.5) is 5.82 Å². The minimum Gasteiger partial charge on any atom is -0.357 e. The highest BCUT2D eigenvalue weighted by Gasteiger charge is 2.29. The lowest BCUT2D eigenvalue weighted by Gasteiger charge is -2.28. The molecule has 0 atom stereocenters. The zero-order valence-corrected chi connectivity index (χ0v) is 12.1. The predicted molar refractivity (Wildman–Crippen MR) is 77.4 cm³/mol. The Kier molecular flexibility index (Phi) is 3.85. The van der Waals surface area contributed by atoms with E-state index in [0.29, 0.717) is 6.54 Å². The summed E-state index contributed by atoms with van der Waals surface area (Å²) >= 11 is 0. The molecule has 1 N–H and O–H groups in total. The van der Waals surface area contributed by atoms with Crippen molar-refractivity contribution in [1.29, 1.82) is 0 Å². The van der Waals surface area contributed by atoms with E-state index in [2.05, 4.69) is 20.2 Å². The smallest absolute Gasteiger partial charge is 0.223 e. The molecule has 5 heteroatoms. The Morgan fingerprint density at radius 2 is 2.05 bits per heavy atom. The van der Waals surface area contributed by atoms with E-state index in [1.165, 1.54) is 19.3 Å². The molecule has 0 spiro atoms. The van der Waals surface area contributed by atoms with Crippen molar-refractivity contribution in [2.75, 3.05) is 18.0 Å². The number of hydrogen-bond acceptors (Lipinski definition) is 4. The Balaban J connectivity index is 1.67. The van der Waals surface area contributed by atoms with Crippen molar-refractivity contribution in [3.63, 3.8) is 0 Å². The van der Waals surface area contributed by atoms with Gasteiger partial charge in [0.05, 0.1) is 6.54 Å². The molecule has 5 nitrogen and oxygen atoms in total. The first-order valence-corrected chi connectivity index (χ1v) is 7.59. The van der Waals surface area contributed by atoms with Crippen molar-refractivity contribution >= 4 is 11.7 Å². The molecule has 1 saturated heterocycles. The lowest BCUT2D eigenvalue weighted by Crippen LogP contribution is -2.31. The van der Waals surface area contributed by atoms with Crippen molar-refractivity contribution < 1.29 is 4.79 Å². The van der Waals surface area contributed by atoms with Crippen LogP contribution in [0.2, 0.25) is 0 Å². The van der Waals surface area contributed by atoms with Gasteiger partial charge in [0, 0.05) is 30.8 Å². The van der Waals surface area contributed by atoms with Gasteiger partial charge in [0.15, 0.2) is 0 Å². The summed E-state index contributed by atoms with van der Waals surface area (Å²) in [6.45, 7) is 4.58. The SMILES string of the molecule is Cc1cc(N2CCCCC2)nc(CNC(=O)C2CC2)n1. The fourth-order valence-electron chi connectivity index (χ4n) is 2.63. The van der Waals surface area contributed by atoms with Gasteiger partial charge in [0.2, 0.25) is 5.91 Å².